The van der Waals surface area contributed by atoms with Crippen molar-refractivity contribution in [2.45, 2.75) is 6.92 Å². The Balaban J connectivity index is 2.40. The molecule has 0 bridgehead atoms. The highest BCUT2D eigenvalue weighted by atomic mass is 32.1. The van der Waals surface area contributed by atoms with E-state index in [0.29, 0.717) is 17.4 Å². The molecule has 21 heavy (non-hydrogen) atoms. The number of para-hydroxylation sites is 1. The molecular weight excluding hydrogens is 284 g/mol. The van der Waals surface area contributed by atoms with Crippen LogP contribution in [0, 0.1) is 0 Å². The zero-order valence-corrected chi connectivity index (χ0v) is 12.9. The molecule has 0 radical (unpaired) electrons. The summed E-state index contributed by atoms with van der Waals surface area (Å²) in [5, 5.41) is 3.68. The molecule has 1 aromatic heterocycles. The van der Waals surface area contributed by atoms with E-state index in [1.165, 1.54) is 0 Å². The Morgan fingerprint density at radius 2 is 2.14 bits per heavy atom. The second kappa shape index (κ2) is 6.49. The minimum Gasteiger partial charge on any atom is -0.389 e. The third kappa shape index (κ3) is 3.46. The van der Waals surface area contributed by atoms with Gasteiger partial charge in [-0.15, -0.1) is 0 Å². The van der Waals surface area contributed by atoms with Gasteiger partial charge in [0.2, 0.25) is 5.91 Å². The van der Waals surface area contributed by atoms with Crippen LogP contribution >= 0.6 is 12.2 Å². The van der Waals surface area contributed by atoms with Crippen molar-refractivity contribution in [3.8, 4) is 0 Å². The van der Waals surface area contributed by atoms with Gasteiger partial charge in [-0.05, 0) is 19.1 Å². The van der Waals surface area contributed by atoms with Crippen molar-refractivity contribution in [3.63, 3.8) is 0 Å². The first kappa shape index (κ1) is 15.2. The van der Waals surface area contributed by atoms with Crippen LogP contribution in [0.5, 0.6) is 0 Å². The van der Waals surface area contributed by atoms with E-state index in [4.69, 9.17) is 18.0 Å². The molecule has 2 aromatic rings. The number of carbonyl (C=O) groups is 1. The van der Waals surface area contributed by atoms with Crippen LogP contribution in [0.3, 0.4) is 0 Å². The number of amides is 1. The Morgan fingerprint density at radius 1 is 1.43 bits per heavy atom. The number of nitrogens with two attached hydrogens (primary N) is 1. The first-order valence-corrected chi connectivity index (χ1v) is 7.11. The van der Waals surface area contributed by atoms with Gasteiger partial charge in [0, 0.05) is 24.5 Å². The normalized spacial score (nSPS) is 10.4. The van der Waals surface area contributed by atoms with Gasteiger partial charge < -0.3 is 16.0 Å². The monoisotopic (exact) mass is 302 g/mol. The molecule has 0 fully saturated rings. The van der Waals surface area contributed by atoms with Gasteiger partial charge in [-0.25, -0.2) is 4.98 Å². The van der Waals surface area contributed by atoms with Gasteiger partial charge >= 0.3 is 0 Å². The predicted octanol–water partition coefficient (Wildman–Crippen LogP) is 1.44. The third-order valence-corrected chi connectivity index (χ3v) is 3.33. The smallest absolute Gasteiger partial charge is 0.239 e. The average molecular weight is 302 g/mol. The molecule has 0 spiro atoms. The van der Waals surface area contributed by atoms with Crippen molar-refractivity contribution in [1.29, 1.82) is 0 Å². The Kier molecular flexibility index (Phi) is 4.70. The molecule has 0 aliphatic carbocycles. The number of carbonyl (C=O) groups excluding carboxylic acids is 1. The van der Waals surface area contributed by atoms with Gasteiger partial charge in [0.15, 0.2) is 0 Å². The predicted molar refractivity (Wildman–Crippen MR) is 89.6 cm³/mol. The number of nitrogens with one attached hydrogen (secondary N) is 1. The SMILES string of the molecule is CCNC(=O)CN(C)c1cc(C(N)=S)c2ccccc2n1. The van der Waals surface area contributed by atoms with E-state index in [1.807, 2.05) is 44.3 Å². The molecule has 1 amide bonds. The first-order valence-electron chi connectivity index (χ1n) is 6.70. The van der Waals surface area contributed by atoms with Crippen LogP contribution in [0.25, 0.3) is 10.9 Å². The number of thiocarbonyl (C=S) groups is 1. The molecule has 0 saturated carbocycles. The van der Waals surface area contributed by atoms with E-state index in [1.54, 1.807) is 4.90 Å². The summed E-state index contributed by atoms with van der Waals surface area (Å²) < 4.78 is 0. The van der Waals surface area contributed by atoms with Gasteiger partial charge in [0.25, 0.3) is 0 Å². The van der Waals surface area contributed by atoms with Crippen LogP contribution in [-0.4, -0.2) is 36.0 Å². The highest BCUT2D eigenvalue weighted by Gasteiger charge is 2.12. The molecule has 1 aromatic carbocycles. The van der Waals surface area contributed by atoms with Crippen LogP contribution < -0.4 is 16.0 Å². The zero-order valence-electron chi connectivity index (χ0n) is 12.1. The molecule has 0 atom stereocenters. The zero-order chi connectivity index (χ0) is 15.4. The lowest BCUT2D eigenvalue weighted by Crippen LogP contribution is -2.35. The maximum absolute atomic E-state index is 11.7. The fourth-order valence-electron chi connectivity index (χ4n) is 2.11. The molecule has 110 valence electrons. The summed E-state index contributed by atoms with van der Waals surface area (Å²) in [6, 6.07) is 9.49. The van der Waals surface area contributed by atoms with Crippen molar-refractivity contribution in [3.05, 3.63) is 35.9 Å². The average Bonchev–Trinajstić information content (AvgIpc) is 2.46. The standard InChI is InChI=1S/C15H18N4OS/c1-3-17-14(20)9-19(2)13-8-11(15(16)21)10-6-4-5-7-12(10)18-13/h4-8H,3,9H2,1-2H3,(H2,16,21)(H,17,20). The molecule has 0 saturated heterocycles. The molecule has 3 N–H and O–H groups in total. The van der Waals surface area contributed by atoms with E-state index >= 15 is 0 Å². The van der Waals surface area contributed by atoms with E-state index in [2.05, 4.69) is 10.3 Å². The van der Waals surface area contributed by atoms with Gasteiger partial charge in [-0.2, -0.15) is 0 Å². The lowest BCUT2D eigenvalue weighted by Gasteiger charge is -2.19. The lowest BCUT2D eigenvalue weighted by molar-refractivity contribution is -0.119. The van der Waals surface area contributed by atoms with Crippen molar-refractivity contribution in [2.24, 2.45) is 5.73 Å². The minimum atomic E-state index is -0.0492. The first-order chi connectivity index (χ1) is 10.0. The van der Waals surface area contributed by atoms with E-state index in [-0.39, 0.29) is 12.5 Å². The van der Waals surface area contributed by atoms with E-state index < -0.39 is 0 Å². The Bertz CT molecular complexity index is 686. The lowest BCUT2D eigenvalue weighted by atomic mass is 10.1. The number of benzene rings is 1. The topological polar surface area (TPSA) is 71.2 Å². The number of nitrogens with zero attached hydrogens (tertiary/aromatic N) is 2. The molecule has 5 nitrogen and oxygen atoms in total. The summed E-state index contributed by atoms with van der Waals surface area (Å²) >= 11 is 5.12. The molecule has 2 rings (SSSR count). The maximum Gasteiger partial charge on any atom is 0.239 e. The number of rotatable bonds is 5. The second-order valence-electron chi connectivity index (χ2n) is 4.72. The summed E-state index contributed by atoms with van der Waals surface area (Å²) in [7, 11) is 1.82. The van der Waals surface area contributed by atoms with Crippen LogP contribution in [-0.2, 0) is 4.79 Å². The number of hydrogen-bond acceptors (Lipinski definition) is 4. The maximum atomic E-state index is 11.7. The Morgan fingerprint density at radius 3 is 2.81 bits per heavy atom. The molecule has 6 heteroatoms. The number of hydrogen-bond donors (Lipinski definition) is 2. The molecular formula is C15H18N4OS. The summed E-state index contributed by atoms with van der Waals surface area (Å²) in [5.74, 6) is 0.620. The highest BCUT2D eigenvalue weighted by molar-refractivity contribution is 7.80. The van der Waals surface area contributed by atoms with Gasteiger partial charge in [0.05, 0.1) is 12.1 Å². The second-order valence-corrected chi connectivity index (χ2v) is 5.16. The van der Waals surface area contributed by atoms with Crippen molar-refractivity contribution < 1.29 is 4.79 Å². The summed E-state index contributed by atoms with van der Waals surface area (Å²) in [6.07, 6.45) is 0. The van der Waals surface area contributed by atoms with Crippen LogP contribution in [0.15, 0.2) is 30.3 Å². The van der Waals surface area contributed by atoms with Crippen LogP contribution in [0.1, 0.15) is 12.5 Å². The van der Waals surface area contributed by atoms with Gasteiger partial charge in [0.1, 0.15) is 10.8 Å². The third-order valence-electron chi connectivity index (χ3n) is 3.11. The summed E-state index contributed by atoms with van der Waals surface area (Å²) in [6.45, 7) is 2.73. The Hall–Kier alpha value is -2.21. The number of aromatic nitrogens is 1. The highest BCUT2D eigenvalue weighted by Crippen LogP contribution is 2.22. The quantitative estimate of drug-likeness (QED) is 0.818. The van der Waals surface area contributed by atoms with Crippen LogP contribution in [0.4, 0.5) is 5.82 Å². The fourth-order valence-corrected chi connectivity index (χ4v) is 2.28. The van der Waals surface area contributed by atoms with Crippen molar-refractivity contribution >= 4 is 39.8 Å². The Labute approximate surface area is 129 Å². The largest absolute Gasteiger partial charge is 0.389 e. The van der Waals surface area contributed by atoms with Gasteiger partial charge in [-0.3, -0.25) is 4.79 Å². The molecule has 0 unspecified atom stereocenters. The van der Waals surface area contributed by atoms with Crippen molar-refractivity contribution in [1.82, 2.24) is 10.3 Å². The summed E-state index contributed by atoms with van der Waals surface area (Å²) in [4.78, 5) is 18.3. The summed E-state index contributed by atoms with van der Waals surface area (Å²) in [5.41, 5.74) is 7.38. The van der Waals surface area contributed by atoms with Gasteiger partial charge in [-0.1, -0.05) is 30.4 Å². The van der Waals surface area contributed by atoms with Crippen LogP contribution in [0.2, 0.25) is 0 Å². The minimum absolute atomic E-state index is 0.0492. The number of fused-ring (bicyclic) bond motifs is 1. The van der Waals surface area contributed by atoms with Crippen molar-refractivity contribution in [2.75, 3.05) is 25.0 Å². The van der Waals surface area contributed by atoms with E-state index in [0.717, 1.165) is 16.5 Å². The van der Waals surface area contributed by atoms with E-state index in [9.17, 15) is 4.79 Å². The number of pyridine rings is 1. The number of anilines is 1. The molecule has 0 aliphatic heterocycles. The number of likely N-dealkylation sites (N-methyl/N-ethyl adjacent to an activating group) is 2. The molecule has 1 heterocycles. The fraction of sp³-hybridized carbons (Fsp3) is 0.267. The molecule has 0 aliphatic rings.